The average molecular weight is 1090 g/mol. The van der Waals surface area contributed by atoms with Gasteiger partial charge in [0.15, 0.2) is 6.10 Å². The van der Waals surface area contributed by atoms with Gasteiger partial charge < -0.3 is 24.2 Å². The molecule has 3 unspecified atom stereocenters. The molecule has 2 N–H and O–H groups in total. The number of phosphoric ester groups is 1. The maximum Gasteiger partial charge on any atom is 0.472 e. The van der Waals surface area contributed by atoms with E-state index in [-0.39, 0.29) is 25.9 Å². The molecular formula is C64H115O11P. The number of ether oxygens (including phenoxy) is 3. The van der Waals surface area contributed by atoms with Crippen LogP contribution in [0.15, 0.2) is 60.8 Å². The monoisotopic (exact) mass is 1090 g/mol. The molecule has 0 heterocycles. The van der Waals surface area contributed by atoms with Crippen LogP contribution in [0.25, 0.3) is 0 Å². The molecule has 12 heteroatoms. The molecule has 0 aromatic carbocycles. The first-order valence-corrected chi connectivity index (χ1v) is 32.7. The molecule has 0 aliphatic carbocycles. The molecule has 0 aliphatic rings. The lowest BCUT2D eigenvalue weighted by atomic mass is 10.0. The second kappa shape index (κ2) is 58.3. The zero-order chi connectivity index (χ0) is 55.5. The molecule has 0 spiro atoms. The smallest absolute Gasteiger partial charge is 0.462 e. The lowest BCUT2D eigenvalue weighted by Crippen LogP contribution is -2.30. The Morgan fingerprint density at radius 1 is 0.382 bits per heavy atom. The van der Waals surface area contributed by atoms with Gasteiger partial charge in [0.25, 0.3) is 0 Å². The van der Waals surface area contributed by atoms with Gasteiger partial charge in [-0.1, -0.05) is 248 Å². The first-order valence-electron chi connectivity index (χ1n) is 31.2. The minimum absolute atomic E-state index is 0.157. The molecule has 11 nitrogen and oxygen atoms in total. The van der Waals surface area contributed by atoms with Crippen molar-refractivity contribution in [1.29, 1.82) is 0 Å². The highest BCUT2D eigenvalue weighted by Crippen LogP contribution is 2.43. The van der Waals surface area contributed by atoms with Crippen LogP contribution < -0.4 is 0 Å². The summed E-state index contributed by atoms with van der Waals surface area (Å²) in [5, 5.41) is 9.84. The van der Waals surface area contributed by atoms with Crippen LogP contribution in [0.5, 0.6) is 0 Å². The Hall–Kier alpha value is -2.82. The molecule has 3 atom stereocenters. The number of carbonyl (C=O) groups excluding carboxylic acids is 3. The quantitative estimate of drug-likeness (QED) is 0.0197. The van der Waals surface area contributed by atoms with Crippen LogP contribution in [0.1, 0.15) is 290 Å². The molecule has 0 amide bonds. The van der Waals surface area contributed by atoms with Crippen molar-refractivity contribution in [2.75, 3.05) is 26.4 Å². The highest BCUT2D eigenvalue weighted by Gasteiger charge is 2.28. The normalized spacial score (nSPS) is 13.7. The van der Waals surface area contributed by atoms with E-state index in [4.69, 9.17) is 23.3 Å². The summed E-state index contributed by atoms with van der Waals surface area (Å²) >= 11 is 0. The number of rotatable bonds is 58. The predicted molar refractivity (Wildman–Crippen MR) is 316 cm³/mol. The van der Waals surface area contributed by atoms with E-state index in [9.17, 15) is 28.9 Å². The minimum atomic E-state index is -4.76. The van der Waals surface area contributed by atoms with Gasteiger partial charge in [-0.25, -0.2) is 4.57 Å². The van der Waals surface area contributed by atoms with E-state index in [0.717, 1.165) is 77.0 Å². The molecule has 0 rings (SSSR count). The third kappa shape index (κ3) is 55.9. The molecule has 0 aliphatic heterocycles. The first kappa shape index (κ1) is 73.2. The summed E-state index contributed by atoms with van der Waals surface area (Å²) in [7, 11) is -4.76. The van der Waals surface area contributed by atoms with E-state index in [2.05, 4.69) is 81.5 Å². The molecule has 0 bridgehead atoms. The number of phosphoric acid groups is 1. The Morgan fingerprint density at radius 3 is 1.09 bits per heavy atom. The van der Waals surface area contributed by atoms with Crippen molar-refractivity contribution in [3.05, 3.63) is 60.8 Å². The second-order valence-corrected chi connectivity index (χ2v) is 22.3. The standard InChI is InChI=1S/C64H115O11P/c1-4-7-10-13-16-19-22-25-28-29-30-31-34-37-40-43-46-49-52-55-64(68)75-61(57-71-62(66)53-50-47-44-41-38-35-32-26-23-20-17-14-11-8-5-2)59-73-76(69,70)72-58-60(56-65)74-63(67)54-51-48-45-42-39-36-33-27-24-21-18-15-12-9-6-3/h8,11,17,20,25-26,28,32,38,41,60-61,65H,4-7,9-10,12-16,18-19,21-24,27,29-31,33-37,39-40,42-59H2,1-3H3,(H,69,70)/b11-8-,20-17-,28-25-,32-26-,41-38-. The van der Waals surface area contributed by atoms with Gasteiger partial charge in [-0.2, -0.15) is 0 Å². The van der Waals surface area contributed by atoms with Crippen LogP contribution in [0.3, 0.4) is 0 Å². The van der Waals surface area contributed by atoms with Crippen LogP contribution in [0, 0.1) is 0 Å². The fraction of sp³-hybridized carbons (Fsp3) is 0.797. The lowest BCUT2D eigenvalue weighted by molar-refractivity contribution is -0.161. The summed E-state index contributed by atoms with van der Waals surface area (Å²) in [5.41, 5.74) is 0. The molecule has 0 saturated heterocycles. The molecule has 0 aromatic heterocycles. The van der Waals surface area contributed by atoms with Gasteiger partial charge in [0, 0.05) is 19.3 Å². The minimum Gasteiger partial charge on any atom is -0.462 e. The summed E-state index contributed by atoms with van der Waals surface area (Å²) < 4.78 is 39.6. The van der Waals surface area contributed by atoms with Crippen molar-refractivity contribution in [1.82, 2.24) is 0 Å². The van der Waals surface area contributed by atoms with E-state index < -0.39 is 57.8 Å². The van der Waals surface area contributed by atoms with Crippen LogP contribution in [-0.2, 0) is 42.2 Å². The third-order valence-corrected chi connectivity index (χ3v) is 14.4. The predicted octanol–water partition coefficient (Wildman–Crippen LogP) is 18.7. The summed E-state index contributed by atoms with van der Waals surface area (Å²) in [6, 6.07) is 0. The molecular weight excluding hydrogens is 976 g/mol. The molecule has 76 heavy (non-hydrogen) atoms. The van der Waals surface area contributed by atoms with Crippen molar-refractivity contribution in [3.8, 4) is 0 Å². The summed E-state index contributed by atoms with van der Waals surface area (Å²) in [4.78, 5) is 48.6. The van der Waals surface area contributed by atoms with Crippen LogP contribution in [-0.4, -0.2) is 66.5 Å². The van der Waals surface area contributed by atoms with Gasteiger partial charge in [-0.3, -0.25) is 23.4 Å². The summed E-state index contributed by atoms with van der Waals surface area (Å²) in [6.45, 7) is 4.52. The third-order valence-electron chi connectivity index (χ3n) is 13.4. The maximum atomic E-state index is 12.9. The largest absolute Gasteiger partial charge is 0.472 e. The van der Waals surface area contributed by atoms with Crippen molar-refractivity contribution < 1.29 is 52.2 Å². The SMILES string of the molecule is CC/C=C\C/C=C\C/C=C\C/C=C\CCCCC(=O)OCC(COP(=O)(O)OCC(CO)OC(=O)CCCCCCCCCCCCCCCCC)OC(=O)CCCCCCCCCCC/C=C\CCCCCCCC. The molecule has 0 radical (unpaired) electrons. The van der Waals surface area contributed by atoms with Gasteiger partial charge in [-0.15, -0.1) is 0 Å². The van der Waals surface area contributed by atoms with Crippen LogP contribution in [0.2, 0.25) is 0 Å². The average Bonchev–Trinajstić information content (AvgIpc) is 3.41. The van der Waals surface area contributed by atoms with Gasteiger partial charge in [0.05, 0.1) is 19.8 Å². The highest BCUT2D eigenvalue weighted by molar-refractivity contribution is 7.47. The lowest BCUT2D eigenvalue weighted by Gasteiger charge is -2.21. The van der Waals surface area contributed by atoms with E-state index in [1.54, 1.807) is 0 Å². The second-order valence-electron chi connectivity index (χ2n) is 20.8. The van der Waals surface area contributed by atoms with Crippen LogP contribution in [0.4, 0.5) is 0 Å². The number of hydrogen-bond donors (Lipinski definition) is 2. The van der Waals surface area contributed by atoms with Gasteiger partial charge in [-0.05, 0) is 83.5 Å². The van der Waals surface area contributed by atoms with E-state index in [1.165, 1.54) is 154 Å². The maximum absolute atomic E-state index is 12.9. The first-order chi connectivity index (χ1) is 37.2. The fourth-order valence-electron chi connectivity index (χ4n) is 8.70. The number of aliphatic hydroxyl groups excluding tert-OH is 1. The van der Waals surface area contributed by atoms with Crippen LogP contribution >= 0.6 is 7.82 Å². The van der Waals surface area contributed by atoms with Crippen molar-refractivity contribution in [3.63, 3.8) is 0 Å². The Kier molecular flexibility index (Phi) is 56.2. The molecule has 0 aromatic rings. The van der Waals surface area contributed by atoms with E-state index >= 15 is 0 Å². The Morgan fingerprint density at radius 2 is 0.684 bits per heavy atom. The topological polar surface area (TPSA) is 155 Å². The Balaban J connectivity index is 4.72. The highest BCUT2D eigenvalue weighted by atomic mass is 31.2. The Labute approximate surface area is 465 Å². The Bertz CT molecular complexity index is 1510. The number of aliphatic hydroxyl groups is 1. The van der Waals surface area contributed by atoms with E-state index in [1.807, 2.05) is 0 Å². The number of esters is 3. The summed E-state index contributed by atoms with van der Waals surface area (Å²) in [6.07, 6.45) is 64.6. The number of hydrogen-bond acceptors (Lipinski definition) is 10. The molecule has 0 fully saturated rings. The van der Waals surface area contributed by atoms with Crippen molar-refractivity contribution >= 4 is 25.7 Å². The zero-order valence-corrected chi connectivity index (χ0v) is 49.9. The molecule has 0 saturated carbocycles. The fourth-order valence-corrected chi connectivity index (χ4v) is 9.48. The van der Waals surface area contributed by atoms with Gasteiger partial charge in [0.1, 0.15) is 12.7 Å². The number of allylic oxidation sites excluding steroid dienone is 10. The van der Waals surface area contributed by atoms with E-state index in [0.29, 0.717) is 19.3 Å². The molecule has 442 valence electrons. The van der Waals surface area contributed by atoms with Crippen molar-refractivity contribution in [2.45, 2.75) is 303 Å². The zero-order valence-electron chi connectivity index (χ0n) is 49.0. The van der Waals surface area contributed by atoms with Crippen molar-refractivity contribution in [2.24, 2.45) is 0 Å². The summed E-state index contributed by atoms with van der Waals surface area (Å²) in [5.74, 6) is -1.50. The van der Waals surface area contributed by atoms with Gasteiger partial charge in [0.2, 0.25) is 0 Å². The number of carbonyl (C=O) groups is 3. The number of unbranched alkanes of at least 4 members (excludes halogenated alkanes) is 31. The van der Waals surface area contributed by atoms with Gasteiger partial charge >= 0.3 is 25.7 Å².